The molecule has 0 radical (unpaired) electrons. The monoisotopic (exact) mass is 363 g/mol. The zero-order valence-electron chi connectivity index (χ0n) is 14.8. The molecule has 0 aromatic heterocycles. The van der Waals surface area contributed by atoms with E-state index in [4.69, 9.17) is 11.6 Å². The lowest BCUT2D eigenvalue weighted by molar-refractivity contribution is -0.127. The molecule has 1 aliphatic carbocycles. The molecule has 1 heterocycles. The van der Waals surface area contributed by atoms with E-state index in [9.17, 15) is 4.79 Å². The van der Waals surface area contributed by atoms with E-state index in [2.05, 4.69) is 26.6 Å². The lowest BCUT2D eigenvalue weighted by Gasteiger charge is -2.21. The smallest absolute Gasteiger partial charge is 0.243 e. The molecule has 1 atom stereocenters. The predicted octanol–water partition coefficient (Wildman–Crippen LogP) is 1.70. The summed E-state index contributed by atoms with van der Waals surface area (Å²) in [6.45, 7) is 2.04. The Kier molecular flexibility index (Phi) is 5.68. The van der Waals surface area contributed by atoms with Crippen LogP contribution in [0.4, 0.5) is 5.69 Å². The molecule has 1 amide bonds. The molecule has 1 unspecified atom stereocenters. The summed E-state index contributed by atoms with van der Waals surface area (Å²) in [5, 5.41) is 7.65. The maximum atomic E-state index is 11.8. The first kappa shape index (κ1) is 17.9. The van der Waals surface area contributed by atoms with Gasteiger partial charge in [0.15, 0.2) is 5.96 Å². The minimum Gasteiger partial charge on any atom is -0.369 e. The number of hydrogen-bond donors (Lipinski definition) is 2. The van der Waals surface area contributed by atoms with Crippen LogP contribution in [0.25, 0.3) is 0 Å². The average Bonchev–Trinajstić information content (AvgIpc) is 3.27. The Bertz CT molecular complexity index is 644. The molecule has 6 nitrogen and oxygen atoms in total. The van der Waals surface area contributed by atoms with Crippen molar-refractivity contribution in [2.24, 2.45) is 4.99 Å². The zero-order chi connectivity index (χ0) is 17.8. The molecule has 1 aliphatic heterocycles. The first-order valence-corrected chi connectivity index (χ1v) is 9.17. The van der Waals surface area contributed by atoms with E-state index >= 15 is 0 Å². The molecule has 1 saturated carbocycles. The summed E-state index contributed by atoms with van der Waals surface area (Å²) in [6, 6.07) is 8.75. The second-order valence-electron chi connectivity index (χ2n) is 6.93. The number of carbonyl (C=O) groups is 1. The highest BCUT2D eigenvalue weighted by Gasteiger charge is 2.27. The number of guanidine groups is 1. The Morgan fingerprint density at radius 3 is 2.72 bits per heavy atom. The highest BCUT2D eigenvalue weighted by atomic mass is 35.5. The number of nitrogens with zero attached hydrogens (tertiary/aromatic N) is 3. The van der Waals surface area contributed by atoms with Crippen LogP contribution in [-0.2, 0) is 4.79 Å². The van der Waals surface area contributed by atoms with Gasteiger partial charge in [-0.1, -0.05) is 17.7 Å². The molecule has 2 fully saturated rings. The van der Waals surface area contributed by atoms with Gasteiger partial charge in [0.05, 0.1) is 0 Å². The average molecular weight is 364 g/mol. The SMILES string of the molecule is CN(C)C(=O)CN=C(NC1CC1)NC1CCN(c2cccc(Cl)c2)C1. The number of likely N-dealkylation sites (N-methyl/N-ethyl adjacent to an activating group) is 1. The van der Waals surface area contributed by atoms with Gasteiger partial charge in [-0.15, -0.1) is 0 Å². The normalized spacial score (nSPS) is 20.5. The van der Waals surface area contributed by atoms with Crippen LogP contribution in [0, 0.1) is 0 Å². The maximum absolute atomic E-state index is 11.8. The van der Waals surface area contributed by atoms with Crippen LogP contribution in [0.1, 0.15) is 19.3 Å². The largest absolute Gasteiger partial charge is 0.369 e. The highest BCUT2D eigenvalue weighted by molar-refractivity contribution is 6.30. The number of benzene rings is 1. The van der Waals surface area contributed by atoms with E-state index in [1.54, 1.807) is 19.0 Å². The molecular formula is C18H26ClN5O. The molecule has 1 saturated heterocycles. The second-order valence-corrected chi connectivity index (χ2v) is 7.36. The van der Waals surface area contributed by atoms with Crippen molar-refractivity contribution in [2.45, 2.75) is 31.3 Å². The number of anilines is 1. The van der Waals surface area contributed by atoms with Gasteiger partial charge in [0.2, 0.25) is 5.91 Å². The summed E-state index contributed by atoms with van der Waals surface area (Å²) in [7, 11) is 3.50. The van der Waals surface area contributed by atoms with E-state index in [1.807, 2.05) is 18.2 Å². The summed E-state index contributed by atoms with van der Waals surface area (Å²) in [4.78, 5) is 20.1. The maximum Gasteiger partial charge on any atom is 0.243 e. The third-order valence-corrected chi connectivity index (χ3v) is 4.73. The number of nitrogens with one attached hydrogen (secondary N) is 2. The minimum absolute atomic E-state index is 0.00359. The van der Waals surface area contributed by atoms with Crippen molar-refractivity contribution in [1.29, 1.82) is 0 Å². The van der Waals surface area contributed by atoms with Gasteiger partial charge in [0.1, 0.15) is 6.54 Å². The first-order valence-electron chi connectivity index (χ1n) is 8.79. The van der Waals surface area contributed by atoms with Gasteiger partial charge in [-0.25, -0.2) is 4.99 Å². The van der Waals surface area contributed by atoms with E-state index in [1.165, 1.54) is 12.8 Å². The summed E-state index contributed by atoms with van der Waals surface area (Å²) in [5.74, 6) is 0.750. The number of halogens is 1. The van der Waals surface area contributed by atoms with E-state index < -0.39 is 0 Å². The molecule has 136 valence electrons. The summed E-state index contributed by atoms with van der Waals surface area (Å²) in [5.41, 5.74) is 1.15. The lowest BCUT2D eigenvalue weighted by Crippen LogP contribution is -2.46. The van der Waals surface area contributed by atoms with Crippen LogP contribution in [0.5, 0.6) is 0 Å². The molecular weight excluding hydrogens is 338 g/mol. The number of aliphatic imine (C=N–C) groups is 1. The first-order chi connectivity index (χ1) is 12.0. The Hall–Kier alpha value is -1.95. The molecule has 0 spiro atoms. The summed E-state index contributed by atoms with van der Waals surface area (Å²) >= 11 is 6.10. The van der Waals surface area contributed by atoms with Gasteiger partial charge in [-0.2, -0.15) is 0 Å². The van der Waals surface area contributed by atoms with Crippen molar-refractivity contribution in [3.05, 3.63) is 29.3 Å². The molecule has 0 bridgehead atoms. The fourth-order valence-electron chi connectivity index (χ4n) is 2.82. The molecule has 7 heteroatoms. The van der Waals surface area contributed by atoms with Crippen molar-refractivity contribution >= 4 is 29.2 Å². The fraction of sp³-hybridized carbons (Fsp3) is 0.556. The van der Waals surface area contributed by atoms with Gasteiger partial charge in [0.25, 0.3) is 0 Å². The van der Waals surface area contributed by atoms with Crippen LogP contribution < -0.4 is 15.5 Å². The minimum atomic E-state index is 0.00359. The topological polar surface area (TPSA) is 60.0 Å². The Labute approximate surface area is 154 Å². The van der Waals surface area contributed by atoms with Crippen LogP contribution in [0.15, 0.2) is 29.3 Å². The number of hydrogen-bond acceptors (Lipinski definition) is 3. The number of amides is 1. The Morgan fingerprint density at radius 1 is 1.28 bits per heavy atom. The van der Waals surface area contributed by atoms with Gasteiger partial charge in [-0.3, -0.25) is 4.79 Å². The standard InChI is InChI=1S/C18H26ClN5O/c1-23(2)17(25)11-20-18(21-14-6-7-14)22-15-8-9-24(12-15)16-5-3-4-13(19)10-16/h3-5,10,14-15H,6-9,11-12H2,1-2H3,(H2,20,21,22). The summed E-state index contributed by atoms with van der Waals surface area (Å²) < 4.78 is 0. The van der Waals surface area contributed by atoms with Gasteiger partial charge < -0.3 is 20.4 Å². The third kappa shape index (κ3) is 5.26. The number of rotatable bonds is 5. The van der Waals surface area contributed by atoms with E-state index in [0.29, 0.717) is 12.1 Å². The molecule has 25 heavy (non-hydrogen) atoms. The second kappa shape index (κ2) is 7.95. The third-order valence-electron chi connectivity index (χ3n) is 4.49. The molecule has 1 aromatic rings. The zero-order valence-corrected chi connectivity index (χ0v) is 15.6. The van der Waals surface area contributed by atoms with Crippen molar-refractivity contribution < 1.29 is 4.79 Å². The molecule has 3 rings (SSSR count). The van der Waals surface area contributed by atoms with Crippen LogP contribution in [0.2, 0.25) is 5.02 Å². The van der Waals surface area contributed by atoms with Crippen LogP contribution in [0.3, 0.4) is 0 Å². The Morgan fingerprint density at radius 2 is 2.04 bits per heavy atom. The van der Waals surface area contributed by atoms with Crippen LogP contribution >= 0.6 is 11.6 Å². The van der Waals surface area contributed by atoms with E-state index in [-0.39, 0.29) is 12.5 Å². The van der Waals surface area contributed by atoms with Crippen molar-refractivity contribution in [3.63, 3.8) is 0 Å². The quantitative estimate of drug-likeness (QED) is 0.617. The van der Waals surface area contributed by atoms with Crippen molar-refractivity contribution in [1.82, 2.24) is 15.5 Å². The van der Waals surface area contributed by atoms with Crippen LogP contribution in [-0.4, -0.2) is 62.6 Å². The van der Waals surface area contributed by atoms with Gasteiger partial charge >= 0.3 is 0 Å². The van der Waals surface area contributed by atoms with Gasteiger partial charge in [0, 0.05) is 50.0 Å². The fourth-order valence-corrected chi connectivity index (χ4v) is 3.01. The molecule has 1 aromatic carbocycles. The molecule has 2 aliphatic rings. The van der Waals surface area contributed by atoms with E-state index in [0.717, 1.165) is 36.2 Å². The Balaban J connectivity index is 1.58. The number of carbonyl (C=O) groups excluding carboxylic acids is 1. The van der Waals surface area contributed by atoms with Crippen molar-refractivity contribution in [3.8, 4) is 0 Å². The highest BCUT2D eigenvalue weighted by Crippen LogP contribution is 2.23. The lowest BCUT2D eigenvalue weighted by atomic mass is 10.2. The van der Waals surface area contributed by atoms with Gasteiger partial charge in [-0.05, 0) is 37.5 Å². The molecule has 2 N–H and O–H groups in total. The predicted molar refractivity (Wildman–Crippen MR) is 102 cm³/mol. The summed E-state index contributed by atoms with van der Waals surface area (Å²) in [6.07, 6.45) is 3.36. The van der Waals surface area contributed by atoms with Crippen molar-refractivity contribution in [2.75, 3.05) is 38.6 Å².